The van der Waals surface area contributed by atoms with Crippen molar-refractivity contribution in [2.24, 2.45) is 0 Å². The minimum Gasteiger partial charge on any atom is -0.478 e. The summed E-state index contributed by atoms with van der Waals surface area (Å²) in [5, 5.41) is 11.7. The monoisotopic (exact) mass is 304 g/mol. The number of hydrogen-bond acceptors (Lipinski definition) is 4. The molecule has 21 heavy (non-hydrogen) atoms. The van der Waals surface area contributed by atoms with E-state index in [0.29, 0.717) is 10.6 Å². The van der Waals surface area contributed by atoms with E-state index in [4.69, 9.17) is 5.11 Å². The third kappa shape index (κ3) is 3.66. The molecular weight excluding hydrogens is 288 g/mol. The minimum atomic E-state index is -1.01. The molecule has 110 valence electrons. The SMILES string of the molecule is CCc1sc(C(=O)NCc2cc(C(=O)O)ccn2)cc1C. The van der Waals surface area contributed by atoms with Crippen LogP contribution in [0, 0.1) is 6.92 Å². The summed E-state index contributed by atoms with van der Waals surface area (Å²) in [6.07, 6.45) is 2.33. The predicted octanol–water partition coefficient (Wildman–Crippen LogP) is 2.64. The van der Waals surface area contributed by atoms with Gasteiger partial charge in [-0.05, 0) is 37.1 Å². The highest BCUT2D eigenvalue weighted by atomic mass is 32.1. The highest BCUT2D eigenvalue weighted by Gasteiger charge is 2.12. The van der Waals surface area contributed by atoms with Crippen LogP contribution in [0.25, 0.3) is 0 Å². The molecule has 0 aromatic carbocycles. The average molecular weight is 304 g/mol. The molecule has 2 aromatic rings. The first-order valence-corrected chi connectivity index (χ1v) is 7.38. The summed E-state index contributed by atoms with van der Waals surface area (Å²) in [7, 11) is 0. The number of amides is 1. The summed E-state index contributed by atoms with van der Waals surface area (Å²) in [5.41, 5.74) is 1.81. The number of aryl methyl sites for hydroxylation is 2. The van der Waals surface area contributed by atoms with E-state index in [-0.39, 0.29) is 18.0 Å². The summed E-state index contributed by atoms with van der Waals surface area (Å²) in [4.78, 5) is 28.9. The molecule has 0 unspecified atom stereocenters. The Hall–Kier alpha value is -2.21. The first kappa shape index (κ1) is 15.2. The molecule has 2 aromatic heterocycles. The minimum absolute atomic E-state index is 0.162. The van der Waals surface area contributed by atoms with Gasteiger partial charge < -0.3 is 10.4 Å². The Labute approximate surface area is 126 Å². The maximum absolute atomic E-state index is 12.1. The highest BCUT2D eigenvalue weighted by Crippen LogP contribution is 2.22. The fourth-order valence-corrected chi connectivity index (χ4v) is 2.98. The van der Waals surface area contributed by atoms with Crippen LogP contribution in [0.5, 0.6) is 0 Å². The molecule has 5 nitrogen and oxygen atoms in total. The van der Waals surface area contributed by atoms with Gasteiger partial charge in [0.05, 0.1) is 22.7 Å². The molecule has 0 bridgehead atoms. The summed E-state index contributed by atoms with van der Waals surface area (Å²) < 4.78 is 0. The number of thiophene rings is 1. The quantitative estimate of drug-likeness (QED) is 0.890. The Morgan fingerprint density at radius 3 is 2.76 bits per heavy atom. The molecule has 1 amide bonds. The van der Waals surface area contributed by atoms with Crippen LogP contribution < -0.4 is 5.32 Å². The second-order valence-electron chi connectivity index (χ2n) is 4.59. The summed E-state index contributed by atoms with van der Waals surface area (Å²) in [5.74, 6) is -1.17. The number of carboxylic acid groups (broad SMARTS) is 1. The van der Waals surface area contributed by atoms with E-state index in [9.17, 15) is 9.59 Å². The number of carboxylic acids is 1. The lowest BCUT2D eigenvalue weighted by atomic mass is 10.2. The average Bonchev–Trinajstić information content (AvgIpc) is 2.86. The maximum Gasteiger partial charge on any atom is 0.335 e. The highest BCUT2D eigenvalue weighted by molar-refractivity contribution is 7.14. The first-order chi connectivity index (χ1) is 10.0. The predicted molar refractivity (Wildman–Crippen MR) is 80.8 cm³/mol. The number of carbonyl (C=O) groups is 2. The standard InChI is InChI=1S/C15H16N2O3S/c1-3-12-9(2)6-13(21-12)14(18)17-8-11-7-10(15(19)20)4-5-16-11/h4-7H,3,8H2,1-2H3,(H,17,18)(H,19,20). The van der Waals surface area contributed by atoms with Crippen LogP contribution in [0.2, 0.25) is 0 Å². The second-order valence-corrected chi connectivity index (χ2v) is 5.73. The molecule has 0 radical (unpaired) electrons. The molecule has 2 N–H and O–H groups in total. The molecular formula is C15H16N2O3S. The van der Waals surface area contributed by atoms with Crippen LogP contribution in [0.4, 0.5) is 0 Å². The second kappa shape index (κ2) is 6.49. The van der Waals surface area contributed by atoms with E-state index >= 15 is 0 Å². The van der Waals surface area contributed by atoms with Gasteiger partial charge in [-0.3, -0.25) is 9.78 Å². The van der Waals surface area contributed by atoms with Crippen molar-refractivity contribution in [3.8, 4) is 0 Å². The number of pyridine rings is 1. The van der Waals surface area contributed by atoms with Crippen molar-refractivity contribution in [2.45, 2.75) is 26.8 Å². The lowest BCUT2D eigenvalue weighted by molar-refractivity contribution is 0.0696. The molecule has 6 heteroatoms. The van der Waals surface area contributed by atoms with E-state index in [1.165, 1.54) is 34.5 Å². The topological polar surface area (TPSA) is 79.3 Å². The van der Waals surface area contributed by atoms with Gasteiger partial charge in [-0.2, -0.15) is 0 Å². The zero-order valence-corrected chi connectivity index (χ0v) is 12.7. The smallest absolute Gasteiger partial charge is 0.335 e. The molecule has 0 saturated heterocycles. The Bertz CT molecular complexity index is 679. The van der Waals surface area contributed by atoms with Gasteiger partial charge in [0.1, 0.15) is 0 Å². The maximum atomic E-state index is 12.1. The number of hydrogen-bond donors (Lipinski definition) is 2. The number of aromatic carboxylic acids is 1. The van der Waals surface area contributed by atoms with E-state index in [2.05, 4.69) is 17.2 Å². The number of nitrogens with one attached hydrogen (secondary N) is 1. The van der Waals surface area contributed by atoms with Gasteiger partial charge in [-0.15, -0.1) is 11.3 Å². The van der Waals surface area contributed by atoms with Crippen molar-refractivity contribution in [3.05, 3.63) is 51.0 Å². The lowest BCUT2D eigenvalue weighted by Crippen LogP contribution is -2.22. The van der Waals surface area contributed by atoms with Crippen LogP contribution in [0.15, 0.2) is 24.4 Å². The Morgan fingerprint density at radius 1 is 1.38 bits per heavy atom. The van der Waals surface area contributed by atoms with Gasteiger partial charge >= 0.3 is 5.97 Å². The summed E-state index contributed by atoms with van der Waals surface area (Å²) in [6, 6.07) is 4.75. The van der Waals surface area contributed by atoms with Crippen molar-refractivity contribution >= 4 is 23.2 Å². The van der Waals surface area contributed by atoms with E-state index in [1.54, 1.807) is 0 Å². The molecule has 2 heterocycles. The van der Waals surface area contributed by atoms with Crippen LogP contribution >= 0.6 is 11.3 Å². The zero-order valence-electron chi connectivity index (χ0n) is 11.8. The Balaban J connectivity index is 2.03. The zero-order chi connectivity index (χ0) is 15.4. The lowest BCUT2D eigenvalue weighted by Gasteiger charge is -2.04. The van der Waals surface area contributed by atoms with Gasteiger partial charge in [-0.1, -0.05) is 6.92 Å². The molecule has 0 aliphatic heterocycles. The number of rotatable bonds is 5. The molecule has 0 saturated carbocycles. The van der Waals surface area contributed by atoms with E-state index in [0.717, 1.165) is 12.0 Å². The van der Waals surface area contributed by atoms with Gasteiger partial charge in [0.15, 0.2) is 0 Å². The molecule has 0 fully saturated rings. The van der Waals surface area contributed by atoms with Crippen LogP contribution in [0.3, 0.4) is 0 Å². The number of aromatic nitrogens is 1. The molecule has 0 atom stereocenters. The van der Waals surface area contributed by atoms with Crippen molar-refractivity contribution < 1.29 is 14.7 Å². The molecule has 0 aliphatic carbocycles. The van der Waals surface area contributed by atoms with Crippen molar-refractivity contribution in [1.82, 2.24) is 10.3 Å². The molecule has 0 spiro atoms. The van der Waals surface area contributed by atoms with Crippen LogP contribution in [0.1, 0.15) is 43.1 Å². The Morgan fingerprint density at radius 2 is 2.14 bits per heavy atom. The van der Waals surface area contributed by atoms with Crippen molar-refractivity contribution in [1.29, 1.82) is 0 Å². The van der Waals surface area contributed by atoms with E-state index in [1.807, 2.05) is 13.0 Å². The first-order valence-electron chi connectivity index (χ1n) is 6.57. The largest absolute Gasteiger partial charge is 0.478 e. The fourth-order valence-electron chi connectivity index (χ4n) is 1.95. The fraction of sp³-hybridized carbons (Fsp3) is 0.267. The van der Waals surface area contributed by atoms with Crippen LogP contribution in [-0.2, 0) is 13.0 Å². The number of carbonyl (C=O) groups excluding carboxylic acids is 1. The molecule has 0 aliphatic rings. The number of nitrogens with zero attached hydrogens (tertiary/aromatic N) is 1. The van der Waals surface area contributed by atoms with Crippen molar-refractivity contribution in [2.75, 3.05) is 0 Å². The third-order valence-electron chi connectivity index (χ3n) is 3.06. The van der Waals surface area contributed by atoms with Gasteiger partial charge in [-0.25, -0.2) is 4.79 Å². The van der Waals surface area contributed by atoms with Crippen LogP contribution in [-0.4, -0.2) is 22.0 Å². The normalized spacial score (nSPS) is 10.4. The van der Waals surface area contributed by atoms with Gasteiger partial charge in [0.25, 0.3) is 5.91 Å². The van der Waals surface area contributed by atoms with E-state index < -0.39 is 5.97 Å². The van der Waals surface area contributed by atoms with Gasteiger partial charge in [0.2, 0.25) is 0 Å². The third-order valence-corrected chi connectivity index (χ3v) is 4.44. The van der Waals surface area contributed by atoms with Crippen molar-refractivity contribution in [3.63, 3.8) is 0 Å². The molecule has 2 rings (SSSR count). The van der Waals surface area contributed by atoms with Gasteiger partial charge in [0, 0.05) is 11.1 Å². The summed E-state index contributed by atoms with van der Waals surface area (Å²) >= 11 is 1.48. The Kier molecular flexibility index (Phi) is 4.70. The summed E-state index contributed by atoms with van der Waals surface area (Å²) in [6.45, 7) is 4.25.